The smallest absolute Gasteiger partial charge is 0.409 e. The van der Waals surface area contributed by atoms with Crippen molar-refractivity contribution >= 4 is 6.08 Å². The second kappa shape index (κ2) is 4.82. The molecule has 7 heteroatoms. The number of halogens is 3. The van der Waals surface area contributed by atoms with E-state index in [-0.39, 0.29) is 23.5 Å². The van der Waals surface area contributed by atoms with Gasteiger partial charge in [-0.25, -0.2) is 4.98 Å². The SMILES string of the molecule is COc1ncc(/C=C/C(F)(F)F)c(OC)n1. The van der Waals surface area contributed by atoms with E-state index >= 15 is 0 Å². The molecule has 1 aromatic rings. The molecule has 0 aromatic carbocycles. The van der Waals surface area contributed by atoms with Crippen molar-refractivity contribution in [2.75, 3.05) is 14.2 Å². The molecule has 1 heterocycles. The number of hydrogen-bond donors (Lipinski definition) is 0. The summed E-state index contributed by atoms with van der Waals surface area (Å²) >= 11 is 0. The topological polar surface area (TPSA) is 44.2 Å². The number of ether oxygens (including phenoxy) is 2. The average Bonchev–Trinajstić information content (AvgIpc) is 2.25. The Bertz CT molecular complexity index is 391. The van der Waals surface area contributed by atoms with Crippen LogP contribution in [0.15, 0.2) is 12.3 Å². The van der Waals surface area contributed by atoms with Crippen molar-refractivity contribution in [3.8, 4) is 11.9 Å². The Balaban J connectivity index is 3.00. The summed E-state index contributed by atoms with van der Waals surface area (Å²) in [7, 11) is 2.65. The third-order valence-electron chi connectivity index (χ3n) is 1.59. The van der Waals surface area contributed by atoms with Gasteiger partial charge in [-0.3, -0.25) is 0 Å². The van der Waals surface area contributed by atoms with Crippen LogP contribution in [0.4, 0.5) is 13.2 Å². The summed E-state index contributed by atoms with van der Waals surface area (Å²) in [5.74, 6) is 0.0207. The molecule has 1 rings (SSSR count). The lowest BCUT2D eigenvalue weighted by atomic mass is 10.3. The van der Waals surface area contributed by atoms with Crippen molar-refractivity contribution in [2.45, 2.75) is 6.18 Å². The first-order valence-electron chi connectivity index (χ1n) is 4.17. The van der Waals surface area contributed by atoms with Crippen molar-refractivity contribution in [1.82, 2.24) is 9.97 Å². The highest BCUT2D eigenvalue weighted by Crippen LogP contribution is 2.22. The van der Waals surface area contributed by atoms with Crippen LogP contribution in [0.5, 0.6) is 11.9 Å². The normalized spacial score (nSPS) is 11.8. The average molecular weight is 234 g/mol. The van der Waals surface area contributed by atoms with Crippen molar-refractivity contribution in [3.05, 3.63) is 17.8 Å². The van der Waals surface area contributed by atoms with Crippen LogP contribution < -0.4 is 9.47 Å². The van der Waals surface area contributed by atoms with Crippen LogP contribution in [-0.4, -0.2) is 30.4 Å². The van der Waals surface area contributed by atoms with Crippen LogP contribution >= 0.6 is 0 Å². The summed E-state index contributed by atoms with van der Waals surface area (Å²) < 4.78 is 45.3. The van der Waals surface area contributed by atoms with Crippen molar-refractivity contribution < 1.29 is 22.6 Å². The fourth-order valence-corrected chi connectivity index (χ4v) is 0.921. The zero-order valence-corrected chi connectivity index (χ0v) is 8.58. The van der Waals surface area contributed by atoms with Gasteiger partial charge in [0, 0.05) is 12.3 Å². The van der Waals surface area contributed by atoms with Gasteiger partial charge in [-0.1, -0.05) is 0 Å². The molecule has 0 radical (unpaired) electrons. The predicted molar refractivity (Wildman–Crippen MR) is 50.2 cm³/mol. The number of aromatic nitrogens is 2. The van der Waals surface area contributed by atoms with E-state index in [0.29, 0.717) is 0 Å². The van der Waals surface area contributed by atoms with Gasteiger partial charge in [-0.2, -0.15) is 18.2 Å². The molecule has 16 heavy (non-hydrogen) atoms. The number of allylic oxidation sites excluding steroid dienone is 1. The van der Waals surface area contributed by atoms with E-state index in [4.69, 9.17) is 9.47 Å². The van der Waals surface area contributed by atoms with Crippen LogP contribution in [-0.2, 0) is 0 Å². The van der Waals surface area contributed by atoms with Crippen LogP contribution in [0.2, 0.25) is 0 Å². The molecule has 0 N–H and O–H groups in total. The number of methoxy groups -OCH3 is 2. The summed E-state index contributed by atoms with van der Waals surface area (Å²) in [6.07, 6.45) is -2.28. The van der Waals surface area contributed by atoms with Crippen LogP contribution in [0.25, 0.3) is 6.08 Å². The van der Waals surface area contributed by atoms with Crippen LogP contribution in [0.1, 0.15) is 5.56 Å². The lowest BCUT2D eigenvalue weighted by Gasteiger charge is -2.05. The minimum atomic E-state index is -4.38. The Morgan fingerprint density at radius 2 is 1.94 bits per heavy atom. The highest BCUT2D eigenvalue weighted by Gasteiger charge is 2.22. The molecule has 0 saturated carbocycles. The maximum Gasteiger partial charge on any atom is 0.409 e. The van der Waals surface area contributed by atoms with Crippen molar-refractivity contribution in [3.63, 3.8) is 0 Å². The molecule has 0 aliphatic carbocycles. The quantitative estimate of drug-likeness (QED) is 0.803. The highest BCUT2D eigenvalue weighted by atomic mass is 19.4. The van der Waals surface area contributed by atoms with E-state index in [0.717, 1.165) is 6.08 Å². The first-order chi connectivity index (χ1) is 7.46. The van der Waals surface area contributed by atoms with Crippen LogP contribution in [0, 0.1) is 0 Å². The Labute approximate surface area is 89.7 Å². The number of rotatable bonds is 3. The summed E-state index contributed by atoms with van der Waals surface area (Å²) in [5.41, 5.74) is 0.126. The maximum atomic E-state index is 11.9. The molecule has 0 unspecified atom stereocenters. The molecule has 0 fully saturated rings. The second-order valence-corrected chi connectivity index (χ2v) is 2.70. The third-order valence-corrected chi connectivity index (χ3v) is 1.59. The molecule has 0 atom stereocenters. The highest BCUT2D eigenvalue weighted by molar-refractivity contribution is 5.54. The molecule has 0 aliphatic heterocycles. The van der Waals surface area contributed by atoms with Crippen LogP contribution in [0.3, 0.4) is 0 Å². The molecule has 0 bridgehead atoms. The largest absolute Gasteiger partial charge is 0.480 e. The zero-order chi connectivity index (χ0) is 12.2. The Morgan fingerprint density at radius 3 is 2.44 bits per heavy atom. The van der Waals surface area contributed by atoms with Gasteiger partial charge in [0.25, 0.3) is 0 Å². The van der Waals surface area contributed by atoms with Gasteiger partial charge >= 0.3 is 12.2 Å². The summed E-state index contributed by atoms with van der Waals surface area (Å²) in [6.45, 7) is 0. The number of alkyl halides is 3. The molecule has 0 aliphatic rings. The zero-order valence-electron chi connectivity index (χ0n) is 8.58. The molecular weight excluding hydrogens is 225 g/mol. The molecule has 88 valence electrons. The fraction of sp³-hybridized carbons (Fsp3) is 0.333. The van der Waals surface area contributed by atoms with Crippen molar-refractivity contribution in [2.24, 2.45) is 0 Å². The first kappa shape index (κ1) is 12.3. The molecule has 0 spiro atoms. The van der Waals surface area contributed by atoms with Gasteiger partial charge in [0.05, 0.1) is 19.8 Å². The second-order valence-electron chi connectivity index (χ2n) is 2.70. The standard InChI is InChI=1S/C9H9F3N2O2/c1-15-7-6(3-4-9(10,11)12)5-13-8(14-7)16-2/h3-5H,1-2H3/b4-3+. The summed E-state index contributed by atoms with van der Waals surface area (Å²) in [5, 5.41) is 0. The summed E-state index contributed by atoms with van der Waals surface area (Å²) in [4.78, 5) is 7.41. The Hall–Kier alpha value is -1.79. The Morgan fingerprint density at radius 1 is 1.25 bits per heavy atom. The lowest BCUT2D eigenvalue weighted by Crippen LogP contribution is -2.01. The lowest BCUT2D eigenvalue weighted by molar-refractivity contribution is -0.0790. The summed E-state index contributed by atoms with van der Waals surface area (Å²) in [6, 6.07) is 0.0287. The minimum Gasteiger partial charge on any atom is -0.480 e. The molecule has 4 nitrogen and oxygen atoms in total. The maximum absolute atomic E-state index is 11.9. The van der Waals surface area contributed by atoms with E-state index in [1.165, 1.54) is 20.4 Å². The van der Waals surface area contributed by atoms with E-state index in [2.05, 4.69) is 9.97 Å². The van der Waals surface area contributed by atoms with Crippen molar-refractivity contribution in [1.29, 1.82) is 0 Å². The van der Waals surface area contributed by atoms with E-state index in [1.54, 1.807) is 0 Å². The predicted octanol–water partition coefficient (Wildman–Crippen LogP) is 2.07. The molecule has 0 amide bonds. The van der Waals surface area contributed by atoms with Gasteiger partial charge in [0.15, 0.2) is 0 Å². The van der Waals surface area contributed by atoms with Gasteiger partial charge in [0.2, 0.25) is 5.88 Å². The third kappa shape index (κ3) is 3.41. The molecular formula is C9H9F3N2O2. The monoisotopic (exact) mass is 234 g/mol. The molecule has 0 saturated heterocycles. The van der Waals surface area contributed by atoms with Gasteiger partial charge in [-0.15, -0.1) is 0 Å². The Kier molecular flexibility index (Phi) is 3.70. The van der Waals surface area contributed by atoms with E-state index in [1.807, 2.05) is 0 Å². The molecule has 1 aromatic heterocycles. The first-order valence-corrected chi connectivity index (χ1v) is 4.17. The van der Waals surface area contributed by atoms with E-state index in [9.17, 15) is 13.2 Å². The fourth-order valence-electron chi connectivity index (χ4n) is 0.921. The van der Waals surface area contributed by atoms with E-state index < -0.39 is 6.18 Å². The number of hydrogen-bond acceptors (Lipinski definition) is 4. The number of nitrogens with zero attached hydrogens (tertiary/aromatic N) is 2. The van der Waals surface area contributed by atoms with Gasteiger partial charge in [0.1, 0.15) is 0 Å². The van der Waals surface area contributed by atoms with Gasteiger partial charge in [-0.05, 0) is 6.08 Å². The van der Waals surface area contributed by atoms with Gasteiger partial charge < -0.3 is 9.47 Å². The minimum absolute atomic E-state index is 0.0207.